The Kier molecular flexibility index (Phi) is 4.31. The van der Waals surface area contributed by atoms with E-state index in [2.05, 4.69) is 10.4 Å². The van der Waals surface area contributed by atoms with Crippen molar-refractivity contribution in [2.45, 2.75) is 6.04 Å². The molecule has 19 heavy (non-hydrogen) atoms. The summed E-state index contributed by atoms with van der Waals surface area (Å²) in [6.07, 6.45) is 1.40. The van der Waals surface area contributed by atoms with E-state index >= 15 is 0 Å². The smallest absolute Gasteiger partial charge is 0.159 e. The maximum Gasteiger partial charge on any atom is 0.159 e. The number of hydrogen-bond acceptors (Lipinski definition) is 3. The summed E-state index contributed by atoms with van der Waals surface area (Å²) in [6.45, 7) is 0. The number of hydrazine groups is 1. The van der Waals surface area contributed by atoms with Gasteiger partial charge in [0.15, 0.2) is 11.6 Å². The summed E-state index contributed by atoms with van der Waals surface area (Å²) in [5.74, 6) is 3.53. The first kappa shape index (κ1) is 14.1. The number of pyridine rings is 1. The average molecular weight is 304 g/mol. The van der Waals surface area contributed by atoms with Crippen molar-refractivity contribution in [3.63, 3.8) is 0 Å². The molecule has 100 valence electrons. The van der Waals surface area contributed by atoms with Crippen LogP contribution in [0, 0.1) is 11.6 Å². The van der Waals surface area contributed by atoms with E-state index in [1.807, 2.05) is 0 Å². The lowest BCUT2D eigenvalue weighted by atomic mass is 10.0. The monoisotopic (exact) mass is 303 g/mol. The molecule has 2 aromatic rings. The molecule has 1 aromatic carbocycles. The molecule has 0 aliphatic heterocycles. The lowest BCUT2D eigenvalue weighted by molar-refractivity contribution is 0.503. The van der Waals surface area contributed by atoms with Gasteiger partial charge in [-0.15, -0.1) is 0 Å². The van der Waals surface area contributed by atoms with Gasteiger partial charge in [0, 0.05) is 6.20 Å². The third-order valence-electron chi connectivity index (χ3n) is 2.55. The molecule has 1 heterocycles. The SMILES string of the molecule is NNC(c1ccc(F)c(F)c1)c1ncc(Cl)cc1Cl. The quantitative estimate of drug-likeness (QED) is 0.676. The molecule has 0 aliphatic rings. The number of hydrogen-bond donors (Lipinski definition) is 2. The Balaban J connectivity index is 2.46. The first-order valence-electron chi connectivity index (χ1n) is 5.25. The highest BCUT2D eigenvalue weighted by atomic mass is 35.5. The third-order valence-corrected chi connectivity index (χ3v) is 3.06. The number of halogens is 4. The molecule has 3 N–H and O–H groups in total. The van der Waals surface area contributed by atoms with Crippen LogP contribution in [0.1, 0.15) is 17.3 Å². The van der Waals surface area contributed by atoms with Crippen LogP contribution in [0.25, 0.3) is 0 Å². The summed E-state index contributed by atoms with van der Waals surface area (Å²) in [4.78, 5) is 4.05. The molecule has 0 spiro atoms. The van der Waals surface area contributed by atoms with E-state index in [1.165, 1.54) is 18.3 Å². The fourth-order valence-electron chi connectivity index (χ4n) is 1.66. The summed E-state index contributed by atoms with van der Waals surface area (Å²) in [5.41, 5.74) is 3.24. The van der Waals surface area contributed by atoms with Gasteiger partial charge in [0.05, 0.1) is 21.8 Å². The molecule has 3 nitrogen and oxygen atoms in total. The molecule has 0 saturated carbocycles. The topological polar surface area (TPSA) is 50.9 Å². The summed E-state index contributed by atoms with van der Waals surface area (Å²) in [6, 6.07) is 4.27. The number of nitrogens with one attached hydrogen (secondary N) is 1. The normalized spacial score (nSPS) is 12.5. The lowest BCUT2D eigenvalue weighted by Gasteiger charge is -2.17. The van der Waals surface area contributed by atoms with Crippen molar-refractivity contribution < 1.29 is 8.78 Å². The molecule has 0 saturated heterocycles. The number of rotatable bonds is 3. The Labute approximate surface area is 118 Å². The van der Waals surface area contributed by atoms with E-state index in [-0.39, 0.29) is 5.02 Å². The minimum Gasteiger partial charge on any atom is -0.271 e. The molecule has 1 unspecified atom stereocenters. The Morgan fingerprint density at radius 2 is 1.89 bits per heavy atom. The summed E-state index contributed by atoms with van der Waals surface area (Å²) in [7, 11) is 0. The van der Waals surface area contributed by atoms with Crippen LogP contribution < -0.4 is 11.3 Å². The van der Waals surface area contributed by atoms with Crippen LogP contribution >= 0.6 is 23.2 Å². The summed E-state index contributed by atoms with van der Waals surface area (Å²) < 4.78 is 26.2. The second-order valence-corrected chi connectivity index (χ2v) is 4.64. The predicted octanol–water partition coefficient (Wildman–Crippen LogP) is 3.22. The van der Waals surface area contributed by atoms with E-state index in [4.69, 9.17) is 29.0 Å². The number of nitrogens with zero attached hydrogens (tertiary/aromatic N) is 1. The van der Waals surface area contributed by atoms with E-state index in [0.29, 0.717) is 16.3 Å². The van der Waals surface area contributed by atoms with Gasteiger partial charge >= 0.3 is 0 Å². The van der Waals surface area contributed by atoms with Crippen molar-refractivity contribution in [1.29, 1.82) is 0 Å². The zero-order chi connectivity index (χ0) is 14.0. The summed E-state index contributed by atoms with van der Waals surface area (Å²) in [5, 5.41) is 0.648. The Hall–Kier alpha value is -1.27. The maximum absolute atomic E-state index is 13.2. The van der Waals surface area contributed by atoms with E-state index in [1.54, 1.807) is 0 Å². The van der Waals surface area contributed by atoms with Crippen molar-refractivity contribution in [2.24, 2.45) is 5.84 Å². The van der Waals surface area contributed by atoms with Gasteiger partial charge in [-0.25, -0.2) is 14.2 Å². The highest BCUT2D eigenvalue weighted by Crippen LogP contribution is 2.28. The standard InChI is InChI=1S/C12H9Cl2F2N3/c13-7-4-8(14)12(18-5-7)11(19-17)6-1-2-9(15)10(16)3-6/h1-5,11,19H,17H2. The number of aromatic nitrogens is 1. The molecule has 0 aliphatic carbocycles. The van der Waals surface area contributed by atoms with Crippen molar-refractivity contribution in [3.05, 3.63) is 63.4 Å². The molecule has 1 aromatic heterocycles. The van der Waals surface area contributed by atoms with Crippen LogP contribution in [0.15, 0.2) is 30.5 Å². The van der Waals surface area contributed by atoms with Crippen LogP contribution in [0.4, 0.5) is 8.78 Å². The first-order valence-corrected chi connectivity index (χ1v) is 6.00. The predicted molar refractivity (Wildman–Crippen MR) is 69.8 cm³/mol. The van der Waals surface area contributed by atoms with Gasteiger partial charge < -0.3 is 0 Å². The minimum atomic E-state index is -0.970. The van der Waals surface area contributed by atoms with E-state index in [0.717, 1.165) is 12.1 Å². The van der Waals surface area contributed by atoms with Crippen molar-refractivity contribution in [3.8, 4) is 0 Å². The van der Waals surface area contributed by atoms with Crippen LogP contribution in [0.3, 0.4) is 0 Å². The Bertz CT molecular complexity index is 608. The fourth-order valence-corrected chi connectivity index (χ4v) is 2.15. The first-order chi connectivity index (χ1) is 9.02. The maximum atomic E-state index is 13.2. The molecule has 2 rings (SSSR count). The molecule has 1 atom stereocenters. The summed E-state index contributed by atoms with van der Waals surface area (Å²) >= 11 is 11.8. The molecular formula is C12H9Cl2F2N3. The Morgan fingerprint density at radius 3 is 2.47 bits per heavy atom. The largest absolute Gasteiger partial charge is 0.271 e. The van der Waals surface area contributed by atoms with Crippen LogP contribution in [0.2, 0.25) is 10.0 Å². The highest BCUT2D eigenvalue weighted by Gasteiger charge is 2.19. The highest BCUT2D eigenvalue weighted by molar-refractivity contribution is 6.34. The number of benzene rings is 1. The van der Waals surface area contributed by atoms with Crippen LogP contribution in [0.5, 0.6) is 0 Å². The van der Waals surface area contributed by atoms with E-state index in [9.17, 15) is 8.78 Å². The molecule has 0 radical (unpaired) electrons. The fraction of sp³-hybridized carbons (Fsp3) is 0.0833. The van der Waals surface area contributed by atoms with Gasteiger partial charge in [-0.05, 0) is 23.8 Å². The van der Waals surface area contributed by atoms with E-state index < -0.39 is 17.7 Å². The Morgan fingerprint density at radius 1 is 1.16 bits per heavy atom. The van der Waals surface area contributed by atoms with Gasteiger partial charge in [-0.2, -0.15) is 0 Å². The van der Waals surface area contributed by atoms with Gasteiger partial charge in [-0.1, -0.05) is 29.3 Å². The van der Waals surface area contributed by atoms with Crippen molar-refractivity contribution in [1.82, 2.24) is 10.4 Å². The molecule has 0 bridgehead atoms. The second-order valence-electron chi connectivity index (χ2n) is 3.79. The van der Waals surface area contributed by atoms with Crippen LogP contribution in [-0.2, 0) is 0 Å². The average Bonchev–Trinajstić information content (AvgIpc) is 2.37. The van der Waals surface area contributed by atoms with Gasteiger partial charge in [0.25, 0.3) is 0 Å². The zero-order valence-electron chi connectivity index (χ0n) is 9.50. The molecular weight excluding hydrogens is 295 g/mol. The van der Waals surface area contributed by atoms with Crippen molar-refractivity contribution in [2.75, 3.05) is 0 Å². The lowest BCUT2D eigenvalue weighted by Crippen LogP contribution is -2.29. The molecule has 0 amide bonds. The zero-order valence-corrected chi connectivity index (χ0v) is 11.0. The molecule has 0 fully saturated rings. The van der Waals surface area contributed by atoms with Crippen molar-refractivity contribution >= 4 is 23.2 Å². The van der Waals surface area contributed by atoms with Gasteiger partial charge in [0.1, 0.15) is 0 Å². The van der Waals surface area contributed by atoms with Crippen LogP contribution in [-0.4, -0.2) is 4.98 Å². The van der Waals surface area contributed by atoms with Gasteiger partial charge in [-0.3, -0.25) is 10.8 Å². The number of nitrogens with two attached hydrogens (primary N) is 1. The molecule has 7 heteroatoms. The third kappa shape index (κ3) is 3.01. The van der Waals surface area contributed by atoms with Gasteiger partial charge in [0.2, 0.25) is 0 Å². The minimum absolute atomic E-state index is 0.278. The second kappa shape index (κ2) is 5.79.